The molecule has 2 aromatic rings. The Morgan fingerprint density at radius 2 is 1.91 bits per heavy atom. The van der Waals surface area contributed by atoms with E-state index in [1.165, 1.54) is 4.90 Å². The lowest BCUT2D eigenvalue weighted by Gasteiger charge is -2.33. The van der Waals surface area contributed by atoms with Gasteiger partial charge in [0.1, 0.15) is 35.9 Å². The van der Waals surface area contributed by atoms with Gasteiger partial charge in [-0.2, -0.15) is 0 Å². The first-order valence-electron chi connectivity index (χ1n) is 22.2. The maximum Gasteiger partial charge on any atom is 0.408 e. The topological polar surface area (TPSA) is 186 Å². The average Bonchev–Trinajstić information content (AvgIpc) is 4.11. The van der Waals surface area contributed by atoms with E-state index < -0.39 is 94.0 Å². The Kier molecular flexibility index (Phi) is 8.73. The Hall–Kier alpha value is -4.60. The van der Waals surface area contributed by atoms with Crippen LogP contribution in [0.25, 0.3) is 10.8 Å². The smallest absolute Gasteiger partial charge is 0.408 e. The van der Waals surface area contributed by atoms with Gasteiger partial charge in [-0.3, -0.25) is 19.1 Å². The predicted octanol–water partition coefficient (Wildman–Crippen LogP) is 3.80. The van der Waals surface area contributed by atoms with Gasteiger partial charge in [0.25, 0.3) is 5.91 Å². The molecule has 1 aromatic heterocycles. The van der Waals surface area contributed by atoms with E-state index in [4.69, 9.17) is 22.4 Å². The molecule has 4 heterocycles. The number of amides is 4. The quantitative estimate of drug-likeness (QED) is 0.361. The largest absolute Gasteiger partial charge is 0.489 e. The maximum absolute atomic E-state index is 15.0. The molecule has 2 aliphatic carbocycles. The van der Waals surface area contributed by atoms with Crippen LogP contribution in [0.15, 0.2) is 36.5 Å². The Bertz CT molecular complexity index is 2240. The third-order valence-electron chi connectivity index (χ3n) is 11.4. The number of pyridine rings is 1. The summed E-state index contributed by atoms with van der Waals surface area (Å²) in [6.07, 6.45) is 5.22. The zero-order valence-electron chi connectivity index (χ0n) is 38.0. The number of fused-ring (bicyclic) bond motifs is 5. The highest BCUT2D eigenvalue weighted by molar-refractivity contribution is 7.91. The van der Waals surface area contributed by atoms with Gasteiger partial charge in [0, 0.05) is 44.6 Å². The van der Waals surface area contributed by atoms with Crippen molar-refractivity contribution in [2.75, 3.05) is 31.6 Å². The van der Waals surface area contributed by atoms with E-state index in [-0.39, 0.29) is 31.2 Å². The summed E-state index contributed by atoms with van der Waals surface area (Å²) in [4.78, 5) is 64.9. The molecular formula is C40H54N6O9S. The number of hydrogen-bond donors (Lipinski definition) is 3. The van der Waals surface area contributed by atoms with Crippen molar-refractivity contribution in [1.29, 1.82) is 0 Å². The van der Waals surface area contributed by atoms with Crippen molar-refractivity contribution in [3.63, 3.8) is 0 Å². The highest BCUT2D eigenvalue weighted by Gasteiger charge is 2.62. The van der Waals surface area contributed by atoms with Crippen molar-refractivity contribution in [2.24, 2.45) is 17.8 Å². The van der Waals surface area contributed by atoms with Gasteiger partial charge in [0.15, 0.2) is 5.75 Å². The van der Waals surface area contributed by atoms with Gasteiger partial charge < -0.3 is 34.6 Å². The molecule has 0 unspecified atom stereocenters. The van der Waals surface area contributed by atoms with Gasteiger partial charge in [-0.15, -0.1) is 0 Å². The molecule has 3 N–H and O–H groups in total. The third-order valence-corrected chi connectivity index (χ3v) is 13.2. The highest BCUT2D eigenvalue weighted by Crippen LogP contribution is 2.46. The molecule has 15 nitrogen and oxygen atoms in total. The molecule has 0 bridgehead atoms. The zero-order chi connectivity index (χ0) is 45.2. The molecule has 3 aliphatic heterocycles. The summed E-state index contributed by atoms with van der Waals surface area (Å²) < 4.78 is 93.3. The van der Waals surface area contributed by atoms with Crippen molar-refractivity contribution in [3.05, 3.63) is 36.5 Å². The molecule has 56 heavy (non-hydrogen) atoms. The first-order chi connectivity index (χ1) is 29.0. The number of allylic oxidation sites excluding steroid dienone is 1. The van der Waals surface area contributed by atoms with E-state index in [1.807, 2.05) is 32.2 Å². The summed E-state index contributed by atoms with van der Waals surface area (Å²) in [5.74, 6) is -2.82. The molecular weight excluding hydrogens is 741 g/mol. The fourth-order valence-electron chi connectivity index (χ4n) is 8.14. The standard InChI is InChI=1S/C40H54N6O9S/c1-23-9-7-8-10-25-21-40(25,37(49)44-56(51,52)27-11-12-27)43-34(47)31-20-26(22-46(31)36(48)32(24(2)19-23)42-38(50)55-39(3,4)5)54-35-29-13-14-30-33(28(29)15-16-41-35)53-18-17-45(30)6/h8,10,13-16,23-27,31-32H,7,9,11-12,17-22H2,1-6H3,(H,42,50)(H,43,47)(H,44,49)/b10-8-/t23-,24-,25-,26-,31+,32+,40-/m1/s1/i3D3,4D3. The van der Waals surface area contributed by atoms with Crippen molar-refractivity contribution in [3.8, 4) is 11.6 Å². The molecule has 16 heteroatoms. The fraction of sp³-hybridized carbons (Fsp3) is 0.625. The third kappa shape index (κ3) is 8.25. The summed E-state index contributed by atoms with van der Waals surface area (Å²) in [5, 5.41) is 5.92. The normalized spacial score (nSPS) is 32.4. The molecule has 0 spiro atoms. The van der Waals surface area contributed by atoms with Crippen molar-refractivity contribution in [1.82, 2.24) is 25.2 Å². The van der Waals surface area contributed by atoms with E-state index in [9.17, 15) is 27.6 Å². The van der Waals surface area contributed by atoms with Crippen LogP contribution < -0.4 is 29.7 Å². The molecule has 304 valence electrons. The fourth-order valence-corrected chi connectivity index (χ4v) is 9.50. The van der Waals surface area contributed by atoms with Crippen LogP contribution in [0.1, 0.15) is 87.6 Å². The Morgan fingerprint density at radius 3 is 2.66 bits per heavy atom. The van der Waals surface area contributed by atoms with Crippen molar-refractivity contribution < 1.29 is 50.0 Å². The minimum absolute atomic E-state index is 0.0454. The van der Waals surface area contributed by atoms with E-state index in [0.717, 1.165) is 18.0 Å². The van der Waals surface area contributed by atoms with Crippen LogP contribution in [-0.4, -0.2) is 103 Å². The average molecular weight is 801 g/mol. The lowest BCUT2D eigenvalue weighted by molar-refractivity contribution is -0.142. The van der Waals surface area contributed by atoms with Crippen LogP contribution in [0.5, 0.6) is 11.6 Å². The van der Waals surface area contributed by atoms with Gasteiger partial charge in [0.05, 0.1) is 24.0 Å². The molecule has 2 saturated carbocycles. The SMILES string of the molecule is [2H]C([2H])([2H])C(C)(OC(=O)N[C@@H]1C(=O)N2C[C@H](Oc3nccc4c5c(ccc34)N(C)CCO5)C[C@H]2C(=O)N[C@]2(C(=O)NS(=O)(=O)C3CC3)C[C@H]2/C=C\CC[C@@H](C)C[C@H]1C)C([2H])([2H])[2H]. The minimum atomic E-state index is -3.99. The first-order valence-corrected chi connectivity index (χ1v) is 20.8. The number of alkyl carbamates (subject to hydrolysis) is 1. The second-order valence-corrected chi connectivity index (χ2v) is 18.2. The van der Waals surface area contributed by atoms with Crippen molar-refractivity contribution >= 4 is 50.3 Å². The van der Waals surface area contributed by atoms with Crippen molar-refractivity contribution in [2.45, 2.75) is 114 Å². The Morgan fingerprint density at radius 1 is 1.12 bits per heavy atom. The molecule has 7 atom stereocenters. The molecule has 5 aliphatic rings. The van der Waals surface area contributed by atoms with Gasteiger partial charge in [-0.05, 0) is 89.2 Å². The number of anilines is 1. The van der Waals surface area contributed by atoms with E-state index >= 15 is 0 Å². The number of hydrogen-bond acceptors (Lipinski definition) is 11. The highest BCUT2D eigenvalue weighted by atomic mass is 32.2. The monoisotopic (exact) mass is 800 g/mol. The summed E-state index contributed by atoms with van der Waals surface area (Å²) in [6, 6.07) is 2.74. The van der Waals surface area contributed by atoms with Crippen LogP contribution in [-0.2, 0) is 29.1 Å². The number of rotatable bonds is 6. The molecule has 1 saturated heterocycles. The summed E-state index contributed by atoms with van der Waals surface area (Å²) in [6.45, 7) is -1.19. The number of benzene rings is 1. The van der Waals surface area contributed by atoms with Gasteiger partial charge in [0.2, 0.25) is 27.7 Å². The minimum Gasteiger partial charge on any atom is -0.489 e. The van der Waals surface area contributed by atoms with E-state index in [2.05, 4.69) is 25.2 Å². The second-order valence-electron chi connectivity index (χ2n) is 16.2. The number of aromatic nitrogens is 1. The van der Waals surface area contributed by atoms with Gasteiger partial charge >= 0.3 is 6.09 Å². The van der Waals surface area contributed by atoms with Gasteiger partial charge in [-0.25, -0.2) is 18.2 Å². The molecule has 3 fully saturated rings. The van der Waals surface area contributed by atoms with Crippen LogP contribution in [0, 0.1) is 17.8 Å². The number of carbonyl (C=O) groups is 4. The first kappa shape index (κ1) is 32.5. The lowest BCUT2D eigenvalue weighted by Crippen LogP contribution is -2.59. The molecule has 1 aromatic carbocycles. The van der Waals surface area contributed by atoms with Crippen LogP contribution in [0.3, 0.4) is 0 Å². The maximum atomic E-state index is 15.0. The summed E-state index contributed by atoms with van der Waals surface area (Å²) >= 11 is 0. The van der Waals surface area contributed by atoms with Crippen LogP contribution in [0.4, 0.5) is 10.5 Å². The Labute approximate surface area is 336 Å². The number of ether oxygens (including phenoxy) is 3. The lowest BCUT2D eigenvalue weighted by atomic mass is 9.88. The molecule has 4 amide bonds. The number of nitrogens with one attached hydrogen (secondary N) is 3. The van der Waals surface area contributed by atoms with Crippen LogP contribution >= 0.6 is 0 Å². The molecule has 7 rings (SSSR count). The zero-order valence-corrected chi connectivity index (χ0v) is 32.8. The number of likely N-dealkylation sites (N-methyl/N-ethyl adjacent to an activating group) is 1. The van der Waals surface area contributed by atoms with Gasteiger partial charge in [-0.1, -0.05) is 26.0 Å². The predicted molar refractivity (Wildman–Crippen MR) is 209 cm³/mol. The summed E-state index contributed by atoms with van der Waals surface area (Å²) in [5.41, 5.74) is -3.70. The van der Waals surface area contributed by atoms with Crippen LogP contribution in [0.2, 0.25) is 0 Å². The summed E-state index contributed by atoms with van der Waals surface area (Å²) in [7, 11) is -2.04. The second kappa shape index (κ2) is 15.1. The van der Waals surface area contributed by atoms with E-state index in [1.54, 1.807) is 25.3 Å². The Balaban J connectivity index is 1.24. The molecule has 0 radical (unpaired) electrons. The number of sulfonamides is 1. The van der Waals surface area contributed by atoms with E-state index in [0.29, 0.717) is 56.4 Å². The number of nitrogens with zero attached hydrogens (tertiary/aromatic N) is 3. The number of carbonyl (C=O) groups excluding carboxylic acids is 4.